The third kappa shape index (κ3) is 9.50. The molecule has 0 aliphatic rings. The third-order valence-electron chi connectivity index (χ3n) is 1.28. The molecule has 0 atom stereocenters. The normalized spacial score (nSPS) is 10.1. The molecule has 0 aromatic rings. The number of rotatable bonds is 8. The lowest BCUT2D eigenvalue weighted by Gasteiger charge is -2.26. The minimum atomic E-state index is -2.80. The zero-order valence-corrected chi connectivity index (χ0v) is 11.7. The Labute approximate surface area is 106 Å². The van der Waals surface area contributed by atoms with Crippen molar-refractivity contribution in [3.63, 3.8) is 0 Å². The molecule has 0 rings (SSSR count). The average molecular weight is 270 g/mol. The SMILES string of the molecule is CCO[Si](OCC)(OCC)OCC.[CH2]C.[SiH4]. The van der Waals surface area contributed by atoms with Gasteiger partial charge in [-0.2, -0.15) is 0 Å². The van der Waals surface area contributed by atoms with E-state index in [4.69, 9.17) is 17.7 Å². The Bertz CT molecular complexity index is 95.9. The first kappa shape index (κ1) is 21.5. The van der Waals surface area contributed by atoms with Crippen LogP contribution in [0.2, 0.25) is 0 Å². The van der Waals surface area contributed by atoms with E-state index in [9.17, 15) is 0 Å². The molecule has 6 heteroatoms. The summed E-state index contributed by atoms with van der Waals surface area (Å²) >= 11 is 0. The summed E-state index contributed by atoms with van der Waals surface area (Å²) in [5.74, 6) is 0. The van der Waals surface area contributed by atoms with E-state index in [2.05, 4.69) is 6.92 Å². The van der Waals surface area contributed by atoms with E-state index in [0.29, 0.717) is 26.4 Å². The number of hydrogen-bond donors (Lipinski definition) is 0. The van der Waals surface area contributed by atoms with Crippen LogP contribution in [0.4, 0.5) is 0 Å². The van der Waals surface area contributed by atoms with Gasteiger partial charge in [0, 0.05) is 26.4 Å². The highest BCUT2D eigenvalue weighted by atomic mass is 28.4. The fourth-order valence-corrected chi connectivity index (χ4v) is 2.87. The molecular weight excluding hydrogens is 240 g/mol. The maximum atomic E-state index is 5.42. The van der Waals surface area contributed by atoms with Gasteiger partial charge in [-0.05, 0) is 38.7 Å². The molecule has 0 aromatic carbocycles. The van der Waals surface area contributed by atoms with E-state index in [1.54, 1.807) is 6.92 Å². The lowest BCUT2D eigenvalue weighted by atomic mass is 10.9. The highest BCUT2D eigenvalue weighted by Gasteiger charge is 2.44. The largest absolute Gasteiger partial charge is 0.679 e. The number of hydrogen-bond acceptors (Lipinski definition) is 4. The first-order chi connectivity index (χ1) is 7.24. The molecule has 0 spiro atoms. The fraction of sp³-hybridized carbons (Fsp3) is 0.900. The zero-order valence-electron chi connectivity index (χ0n) is 10.7. The maximum absolute atomic E-state index is 5.42. The molecule has 0 amide bonds. The quantitative estimate of drug-likeness (QED) is 0.615. The Balaban J connectivity index is -0.000000529. The van der Waals surface area contributed by atoms with Gasteiger partial charge in [0.1, 0.15) is 0 Å². The summed E-state index contributed by atoms with van der Waals surface area (Å²) in [4.78, 5) is 0. The Hall–Kier alpha value is 0.274. The van der Waals surface area contributed by atoms with Crippen LogP contribution in [-0.4, -0.2) is 46.4 Å². The van der Waals surface area contributed by atoms with E-state index >= 15 is 0 Å². The van der Waals surface area contributed by atoms with Gasteiger partial charge in [0.15, 0.2) is 0 Å². The Morgan fingerprint density at radius 2 is 0.875 bits per heavy atom. The topological polar surface area (TPSA) is 36.9 Å². The highest BCUT2D eigenvalue weighted by molar-refractivity contribution is 6.53. The van der Waals surface area contributed by atoms with Crippen LogP contribution in [0, 0.1) is 6.92 Å². The predicted octanol–water partition coefficient (Wildman–Crippen LogP) is 0.957. The Morgan fingerprint density at radius 3 is 1.00 bits per heavy atom. The van der Waals surface area contributed by atoms with Gasteiger partial charge in [-0.1, -0.05) is 13.8 Å². The molecule has 0 N–H and O–H groups in total. The van der Waals surface area contributed by atoms with Gasteiger partial charge in [0.25, 0.3) is 0 Å². The first-order valence-corrected chi connectivity index (χ1v) is 7.14. The molecule has 4 nitrogen and oxygen atoms in total. The van der Waals surface area contributed by atoms with Crippen LogP contribution in [0.5, 0.6) is 0 Å². The molecule has 0 aromatic heterocycles. The molecule has 0 fully saturated rings. The third-order valence-corrected chi connectivity index (χ3v) is 3.85. The molecule has 0 aliphatic carbocycles. The fourth-order valence-electron chi connectivity index (χ4n) is 0.957. The molecule has 0 saturated carbocycles. The summed E-state index contributed by atoms with van der Waals surface area (Å²) < 4.78 is 21.7. The maximum Gasteiger partial charge on any atom is 0.679 e. The van der Waals surface area contributed by atoms with Crippen molar-refractivity contribution in [2.75, 3.05) is 26.4 Å². The minimum Gasteiger partial charge on any atom is -0.351 e. The van der Waals surface area contributed by atoms with Crippen molar-refractivity contribution in [3.05, 3.63) is 6.92 Å². The molecule has 0 aliphatic heterocycles. The lowest BCUT2D eigenvalue weighted by molar-refractivity contribution is -0.0247. The van der Waals surface area contributed by atoms with Crippen molar-refractivity contribution < 1.29 is 17.7 Å². The monoisotopic (exact) mass is 269 g/mol. The lowest BCUT2D eigenvalue weighted by Crippen LogP contribution is -2.49. The molecule has 101 valence electrons. The van der Waals surface area contributed by atoms with Gasteiger partial charge in [0.2, 0.25) is 0 Å². The molecule has 0 heterocycles. The smallest absolute Gasteiger partial charge is 0.351 e. The first-order valence-electron chi connectivity index (χ1n) is 5.51. The standard InChI is InChI=1S/C8H20O4Si.C2H5.H4Si/c1-5-9-13(10-6-2,11-7-3)12-8-4;1-2;/h5-8H2,1-4H3;1H2,2H3;1H4. The van der Waals surface area contributed by atoms with Crippen LogP contribution in [0.3, 0.4) is 0 Å². The summed E-state index contributed by atoms with van der Waals surface area (Å²) in [5.41, 5.74) is 0. The second-order valence-electron chi connectivity index (χ2n) is 2.23. The molecule has 0 bridgehead atoms. The van der Waals surface area contributed by atoms with Crippen LogP contribution < -0.4 is 0 Å². The van der Waals surface area contributed by atoms with E-state index < -0.39 is 9.05 Å². The van der Waals surface area contributed by atoms with Gasteiger partial charge in [-0.25, -0.2) is 0 Å². The Morgan fingerprint density at radius 1 is 0.688 bits per heavy atom. The van der Waals surface area contributed by atoms with Crippen molar-refractivity contribution in [1.82, 2.24) is 0 Å². The second kappa shape index (κ2) is 15.3. The van der Waals surface area contributed by atoms with Crippen molar-refractivity contribution >= 4 is 20.0 Å². The van der Waals surface area contributed by atoms with Crippen molar-refractivity contribution in [2.24, 2.45) is 0 Å². The molecule has 0 saturated heterocycles. The van der Waals surface area contributed by atoms with E-state index in [-0.39, 0.29) is 11.0 Å². The summed E-state index contributed by atoms with van der Waals surface area (Å²) in [6, 6.07) is 0. The molecule has 16 heavy (non-hydrogen) atoms. The van der Waals surface area contributed by atoms with E-state index in [1.165, 1.54) is 0 Å². The summed E-state index contributed by atoms with van der Waals surface area (Å²) in [6.07, 6.45) is 0. The second-order valence-corrected chi connectivity index (χ2v) is 4.39. The van der Waals surface area contributed by atoms with Gasteiger partial charge < -0.3 is 17.7 Å². The van der Waals surface area contributed by atoms with Gasteiger partial charge in [-0.3, -0.25) is 0 Å². The average Bonchev–Trinajstić information content (AvgIpc) is 2.22. The zero-order chi connectivity index (χ0) is 12.2. The van der Waals surface area contributed by atoms with Crippen molar-refractivity contribution in [3.8, 4) is 0 Å². The summed E-state index contributed by atoms with van der Waals surface area (Å²) in [5, 5.41) is 0. The summed E-state index contributed by atoms with van der Waals surface area (Å²) in [6.45, 7) is 14.8. The van der Waals surface area contributed by atoms with Crippen molar-refractivity contribution in [1.29, 1.82) is 0 Å². The van der Waals surface area contributed by atoms with E-state index in [0.717, 1.165) is 0 Å². The van der Waals surface area contributed by atoms with Crippen LogP contribution in [0.25, 0.3) is 0 Å². The van der Waals surface area contributed by atoms with Crippen LogP contribution in [-0.2, 0) is 17.7 Å². The van der Waals surface area contributed by atoms with Crippen LogP contribution in [0.15, 0.2) is 0 Å². The minimum absolute atomic E-state index is 0. The van der Waals surface area contributed by atoms with Crippen LogP contribution >= 0.6 is 0 Å². The Kier molecular flexibility index (Phi) is 20.6. The van der Waals surface area contributed by atoms with Crippen LogP contribution in [0.1, 0.15) is 34.6 Å². The van der Waals surface area contributed by atoms with Gasteiger partial charge >= 0.3 is 9.05 Å². The van der Waals surface area contributed by atoms with Gasteiger partial charge in [0.05, 0.1) is 0 Å². The predicted molar refractivity (Wildman–Crippen MR) is 74.6 cm³/mol. The van der Waals surface area contributed by atoms with E-state index in [1.807, 2.05) is 27.7 Å². The highest BCUT2D eigenvalue weighted by Crippen LogP contribution is 2.11. The molecular formula is C10H29O4Si2. The van der Waals surface area contributed by atoms with Gasteiger partial charge in [-0.15, -0.1) is 0 Å². The van der Waals surface area contributed by atoms with Crippen molar-refractivity contribution in [2.45, 2.75) is 34.6 Å². The molecule has 1 radical (unpaired) electrons. The summed E-state index contributed by atoms with van der Waals surface area (Å²) in [7, 11) is -2.80. The molecule has 0 unspecified atom stereocenters.